The summed E-state index contributed by atoms with van der Waals surface area (Å²) in [6.45, 7) is 4.28. The molecule has 1 aromatic carbocycles. The van der Waals surface area contributed by atoms with E-state index >= 15 is 0 Å². The molecule has 0 aliphatic heterocycles. The molecule has 0 unspecified atom stereocenters. The smallest absolute Gasteiger partial charge is 0.146 e. The lowest BCUT2D eigenvalue weighted by molar-refractivity contribution is -0.128. The quantitative estimate of drug-likeness (QED) is 0.745. The van der Waals surface area contributed by atoms with Crippen molar-refractivity contribution in [3.63, 3.8) is 0 Å². The first-order valence-corrected chi connectivity index (χ1v) is 7.34. The maximum absolute atomic E-state index is 12.9. The summed E-state index contributed by atoms with van der Waals surface area (Å²) in [5, 5.41) is 0. The highest BCUT2D eigenvalue weighted by atomic mass is 16.1. The van der Waals surface area contributed by atoms with Crippen LogP contribution in [0.1, 0.15) is 57.9 Å². The van der Waals surface area contributed by atoms with Crippen LogP contribution in [0.15, 0.2) is 30.3 Å². The fourth-order valence-corrected chi connectivity index (χ4v) is 3.46. The highest BCUT2D eigenvalue weighted by molar-refractivity contribution is 5.92. The average molecular weight is 244 g/mol. The predicted molar refractivity (Wildman–Crippen MR) is 75.7 cm³/mol. The van der Waals surface area contributed by atoms with Crippen LogP contribution < -0.4 is 0 Å². The van der Waals surface area contributed by atoms with Gasteiger partial charge in [0.05, 0.1) is 5.41 Å². The molecule has 1 aliphatic carbocycles. The molecule has 2 rings (SSSR count). The topological polar surface area (TPSA) is 17.1 Å². The second kappa shape index (κ2) is 5.69. The second-order valence-corrected chi connectivity index (χ2v) is 5.53. The molecule has 0 saturated heterocycles. The third kappa shape index (κ3) is 2.23. The average Bonchev–Trinajstić information content (AvgIpc) is 2.91. The van der Waals surface area contributed by atoms with Crippen molar-refractivity contribution in [2.24, 2.45) is 5.92 Å². The molecule has 1 heteroatoms. The minimum Gasteiger partial charge on any atom is -0.298 e. The third-order valence-corrected chi connectivity index (χ3v) is 4.61. The number of ketones is 1. The van der Waals surface area contributed by atoms with Gasteiger partial charge in [0, 0.05) is 5.92 Å². The van der Waals surface area contributed by atoms with Crippen LogP contribution >= 0.6 is 0 Å². The maximum Gasteiger partial charge on any atom is 0.146 e. The summed E-state index contributed by atoms with van der Waals surface area (Å²) >= 11 is 0. The number of hydrogen-bond acceptors (Lipinski definition) is 1. The van der Waals surface area contributed by atoms with Crippen molar-refractivity contribution in [1.82, 2.24) is 0 Å². The van der Waals surface area contributed by atoms with Crippen LogP contribution in [0.2, 0.25) is 0 Å². The number of Topliss-reactive ketones (excluding diaryl/α,β-unsaturated/α-hetero) is 1. The fraction of sp³-hybridized carbons (Fsp3) is 0.588. The van der Waals surface area contributed by atoms with Gasteiger partial charge in [0.2, 0.25) is 0 Å². The van der Waals surface area contributed by atoms with Crippen LogP contribution in [0, 0.1) is 5.92 Å². The molecule has 0 N–H and O–H groups in total. The first-order chi connectivity index (χ1) is 8.74. The van der Waals surface area contributed by atoms with Crippen molar-refractivity contribution in [2.45, 2.75) is 57.8 Å². The van der Waals surface area contributed by atoms with E-state index in [2.05, 4.69) is 38.1 Å². The largest absolute Gasteiger partial charge is 0.298 e. The monoisotopic (exact) mass is 244 g/mol. The van der Waals surface area contributed by atoms with Gasteiger partial charge in [0.15, 0.2) is 0 Å². The van der Waals surface area contributed by atoms with E-state index in [-0.39, 0.29) is 11.3 Å². The summed E-state index contributed by atoms with van der Waals surface area (Å²) in [5.41, 5.74) is 1.08. The number of hydrogen-bond donors (Lipinski definition) is 0. The number of benzene rings is 1. The van der Waals surface area contributed by atoms with E-state index in [1.54, 1.807) is 0 Å². The van der Waals surface area contributed by atoms with Gasteiger partial charge >= 0.3 is 0 Å². The summed E-state index contributed by atoms with van der Waals surface area (Å²) in [5.74, 6) is 0.736. The number of carbonyl (C=O) groups excluding carboxylic acids is 1. The van der Waals surface area contributed by atoms with E-state index in [0.29, 0.717) is 5.78 Å². The van der Waals surface area contributed by atoms with Crippen molar-refractivity contribution in [3.8, 4) is 0 Å². The van der Waals surface area contributed by atoms with Crippen LogP contribution in [0.4, 0.5) is 0 Å². The number of rotatable bonds is 5. The first-order valence-electron chi connectivity index (χ1n) is 7.34. The Morgan fingerprint density at radius 3 is 2.17 bits per heavy atom. The van der Waals surface area contributed by atoms with E-state index in [4.69, 9.17) is 0 Å². The molecule has 0 atom stereocenters. The number of carbonyl (C=O) groups is 1. The molecule has 98 valence electrons. The molecule has 0 heterocycles. The Morgan fingerprint density at radius 2 is 1.67 bits per heavy atom. The first kappa shape index (κ1) is 13.3. The summed E-state index contributed by atoms with van der Waals surface area (Å²) in [4.78, 5) is 12.9. The van der Waals surface area contributed by atoms with Gasteiger partial charge in [0.1, 0.15) is 5.78 Å². The summed E-state index contributed by atoms with van der Waals surface area (Å²) in [6, 6.07) is 10.5. The Bertz CT molecular complexity index is 383. The van der Waals surface area contributed by atoms with Gasteiger partial charge in [0.25, 0.3) is 0 Å². The van der Waals surface area contributed by atoms with E-state index in [0.717, 1.165) is 25.7 Å². The summed E-state index contributed by atoms with van der Waals surface area (Å²) in [7, 11) is 0. The van der Waals surface area contributed by atoms with E-state index < -0.39 is 0 Å². The standard InChI is InChI=1S/C17H24O/c1-3-14(4-2)16(18)17(12-8-9-13-17)15-10-6-5-7-11-15/h5-7,10-11,14H,3-4,8-9,12-13H2,1-2H3. The normalized spacial score (nSPS) is 18.2. The van der Waals surface area contributed by atoms with Crippen LogP contribution in [0.3, 0.4) is 0 Å². The third-order valence-electron chi connectivity index (χ3n) is 4.61. The lowest BCUT2D eigenvalue weighted by atomic mass is 9.70. The van der Waals surface area contributed by atoms with Crippen LogP contribution in [0.5, 0.6) is 0 Å². The molecule has 0 amide bonds. The molecule has 0 radical (unpaired) electrons. The zero-order chi connectivity index (χ0) is 13.0. The van der Waals surface area contributed by atoms with E-state index in [1.165, 1.54) is 18.4 Å². The maximum atomic E-state index is 12.9. The Morgan fingerprint density at radius 1 is 1.11 bits per heavy atom. The molecule has 0 aromatic heterocycles. The van der Waals surface area contributed by atoms with Gasteiger partial charge < -0.3 is 0 Å². The van der Waals surface area contributed by atoms with Gasteiger partial charge in [-0.1, -0.05) is 57.0 Å². The van der Waals surface area contributed by atoms with E-state index in [9.17, 15) is 4.79 Å². The molecule has 1 aromatic rings. The van der Waals surface area contributed by atoms with Crippen LogP contribution in [-0.4, -0.2) is 5.78 Å². The van der Waals surface area contributed by atoms with Gasteiger partial charge in [-0.15, -0.1) is 0 Å². The molecule has 1 fully saturated rings. The molecular formula is C17H24O. The van der Waals surface area contributed by atoms with Crippen molar-refractivity contribution < 1.29 is 4.79 Å². The van der Waals surface area contributed by atoms with Crippen molar-refractivity contribution in [2.75, 3.05) is 0 Å². The van der Waals surface area contributed by atoms with Crippen molar-refractivity contribution in [1.29, 1.82) is 0 Å². The van der Waals surface area contributed by atoms with Crippen LogP contribution in [0.25, 0.3) is 0 Å². The van der Waals surface area contributed by atoms with Gasteiger partial charge in [-0.3, -0.25) is 4.79 Å². The zero-order valence-electron chi connectivity index (χ0n) is 11.6. The lowest BCUT2D eigenvalue weighted by Crippen LogP contribution is -2.37. The molecular weight excluding hydrogens is 220 g/mol. The Labute approximate surface area is 111 Å². The lowest BCUT2D eigenvalue weighted by Gasteiger charge is -2.31. The summed E-state index contributed by atoms with van der Waals surface area (Å²) in [6.07, 6.45) is 6.44. The second-order valence-electron chi connectivity index (χ2n) is 5.53. The minimum absolute atomic E-state index is 0.169. The minimum atomic E-state index is -0.169. The molecule has 0 spiro atoms. The Kier molecular flexibility index (Phi) is 4.21. The van der Waals surface area contributed by atoms with Gasteiger partial charge in [-0.05, 0) is 31.2 Å². The molecule has 1 nitrogen and oxygen atoms in total. The van der Waals surface area contributed by atoms with Crippen molar-refractivity contribution in [3.05, 3.63) is 35.9 Å². The van der Waals surface area contributed by atoms with Crippen molar-refractivity contribution >= 4 is 5.78 Å². The molecule has 1 saturated carbocycles. The van der Waals surface area contributed by atoms with Gasteiger partial charge in [-0.2, -0.15) is 0 Å². The molecule has 0 bridgehead atoms. The Balaban J connectivity index is 2.36. The highest BCUT2D eigenvalue weighted by Crippen LogP contribution is 2.44. The molecule has 18 heavy (non-hydrogen) atoms. The zero-order valence-corrected chi connectivity index (χ0v) is 11.6. The SMILES string of the molecule is CCC(CC)C(=O)C1(c2ccccc2)CCCC1. The molecule has 1 aliphatic rings. The van der Waals surface area contributed by atoms with E-state index in [1.807, 2.05) is 6.07 Å². The van der Waals surface area contributed by atoms with Gasteiger partial charge in [-0.25, -0.2) is 0 Å². The predicted octanol–water partition coefficient (Wildman–Crippen LogP) is 4.50. The summed E-state index contributed by atoms with van der Waals surface area (Å²) < 4.78 is 0. The Hall–Kier alpha value is -1.11. The highest BCUT2D eigenvalue weighted by Gasteiger charge is 2.44. The fourth-order valence-electron chi connectivity index (χ4n) is 3.46. The van der Waals surface area contributed by atoms with Crippen LogP contribution in [-0.2, 0) is 10.2 Å².